The van der Waals surface area contributed by atoms with Crippen LogP contribution in [0.3, 0.4) is 0 Å². The van der Waals surface area contributed by atoms with Crippen LogP contribution in [0.1, 0.15) is 27.8 Å². The van der Waals surface area contributed by atoms with Gasteiger partial charge in [0.25, 0.3) is 5.91 Å². The van der Waals surface area contributed by atoms with Gasteiger partial charge in [-0.25, -0.2) is 9.78 Å². The Labute approximate surface area is 231 Å². The number of hydrogen-bond acceptors (Lipinski definition) is 7. The zero-order valence-corrected chi connectivity index (χ0v) is 21.4. The first-order chi connectivity index (χ1) is 19.7. The predicted molar refractivity (Wildman–Crippen MR) is 144 cm³/mol. The molecule has 0 saturated heterocycles. The predicted octanol–water partition coefficient (Wildman–Crippen LogP) is 4.72. The highest BCUT2D eigenvalue weighted by Gasteiger charge is 2.42. The Hall–Kier alpha value is -5.10. The van der Waals surface area contributed by atoms with Crippen molar-refractivity contribution in [1.29, 1.82) is 0 Å². The molecule has 0 aliphatic carbocycles. The fourth-order valence-electron chi connectivity index (χ4n) is 4.23. The minimum atomic E-state index is -5.15. The maximum Gasteiger partial charge on any atom is 0.490 e. The van der Waals surface area contributed by atoms with Crippen LogP contribution in [0.5, 0.6) is 0 Å². The number of rotatable bonds is 8. The molecule has 5 aromatic rings. The molecule has 1 atom stereocenters. The highest BCUT2D eigenvalue weighted by molar-refractivity contribution is 6.06. The van der Waals surface area contributed by atoms with Crippen molar-refractivity contribution in [2.75, 3.05) is 6.54 Å². The molecule has 9 nitrogen and oxygen atoms in total. The summed E-state index contributed by atoms with van der Waals surface area (Å²) in [6.07, 6.45) is -1.20. The van der Waals surface area contributed by atoms with Gasteiger partial charge in [0, 0.05) is 41.0 Å². The molecular weight excluding hydrogens is 537 g/mol. The number of alkyl halides is 3. The van der Waals surface area contributed by atoms with Crippen molar-refractivity contribution in [3.05, 3.63) is 102 Å². The van der Waals surface area contributed by atoms with Gasteiger partial charge >= 0.3 is 12.1 Å². The van der Waals surface area contributed by atoms with Gasteiger partial charge in [-0.2, -0.15) is 18.3 Å². The molecule has 4 N–H and O–H groups in total. The monoisotopic (exact) mass is 560 g/mol. The summed E-state index contributed by atoms with van der Waals surface area (Å²) < 4.78 is 42.0. The molecule has 2 aromatic carbocycles. The van der Waals surface area contributed by atoms with E-state index in [-0.39, 0.29) is 17.2 Å². The minimum Gasteiger partial charge on any atom is -0.436 e. The van der Waals surface area contributed by atoms with E-state index in [0.717, 1.165) is 11.1 Å². The Morgan fingerprint density at radius 1 is 1.02 bits per heavy atom. The second-order valence-electron chi connectivity index (χ2n) is 9.03. The lowest BCUT2D eigenvalue weighted by atomic mass is 9.96. The molecule has 1 amide bonds. The number of aromatic amines is 1. The maximum absolute atomic E-state index is 13.1. The van der Waals surface area contributed by atoms with Crippen LogP contribution >= 0.6 is 0 Å². The number of hydrogen-bond donors (Lipinski definition) is 3. The summed E-state index contributed by atoms with van der Waals surface area (Å²) >= 11 is 0. The third-order valence-corrected chi connectivity index (χ3v) is 6.28. The minimum absolute atomic E-state index is 0.173. The first-order valence-corrected chi connectivity index (χ1v) is 12.5. The van der Waals surface area contributed by atoms with Crippen LogP contribution in [0, 0.1) is 0 Å². The van der Waals surface area contributed by atoms with Crippen molar-refractivity contribution < 1.29 is 27.5 Å². The van der Waals surface area contributed by atoms with Gasteiger partial charge in [0.05, 0.1) is 17.4 Å². The molecule has 0 aliphatic rings. The van der Waals surface area contributed by atoms with Crippen LogP contribution in [0.25, 0.3) is 33.3 Å². The number of fused-ring (bicyclic) bond motifs is 1. The molecule has 0 spiro atoms. The van der Waals surface area contributed by atoms with E-state index >= 15 is 0 Å². The summed E-state index contributed by atoms with van der Waals surface area (Å²) in [5, 5.41) is 10.1. The first kappa shape index (κ1) is 27.5. The van der Waals surface area contributed by atoms with E-state index in [0.29, 0.717) is 40.7 Å². The van der Waals surface area contributed by atoms with E-state index < -0.39 is 18.4 Å². The summed E-state index contributed by atoms with van der Waals surface area (Å²) in [6, 6.07) is 19.1. The molecular formula is C29H23F3N6O3. The number of carbonyl (C=O) groups excluding carboxylic acids is 2. The number of nitrogens with zero attached hydrogens (tertiary/aromatic N) is 3. The SMILES string of the molecule is NC(OC(=O)C(F)(F)F)c1ccc(-c2nc3ccnc(C(=O)NCCc4cn[nH]c4)c3cc2-c2ccccc2)cc1. The molecule has 5 rings (SSSR count). The van der Waals surface area contributed by atoms with Crippen molar-refractivity contribution in [2.45, 2.75) is 18.8 Å². The smallest absolute Gasteiger partial charge is 0.436 e. The van der Waals surface area contributed by atoms with Gasteiger partial charge in [0.2, 0.25) is 0 Å². The third-order valence-electron chi connectivity index (χ3n) is 6.28. The van der Waals surface area contributed by atoms with Gasteiger partial charge < -0.3 is 10.1 Å². The summed E-state index contributed by atoms with van der Waals surface area (Å²) in [6.45, 7) is 0.389. The normalized spacial score (nSPS) is 12.2. The van der Waals surface area contributed by atoms with E-state index in [1.54, 1.807) is 30.6 Å². The second kappa shape index (κ2) is 11.6. The number of ether oxygens (including phenoxy) is 1. The average molecular weight is 561 g/mol. The lowest BCUT2D eigenvalue weighted by Gasteiger charge is -2.16. The molecule has 0 aliphatic heterocycles. The van der Waals surface area contributed by atoms with Crippen molar-refractivity contribution in [2.24, 2.45) is 5.73 Å². The number of carbonyl (C=O) groups is 2. The van der Waals surface area contributed by atoms with E-state index in [2.05, 4.69) is 25.2 Å². The van der Waals surface area contributed by atoms with Crippen molar-refractivity contribution in [1.82, 2.24) is 25.5 Å². The molecule has 41 heavy (non-hydrogen) atoms. The van der Waals surface area contributed by atoms with Crippen molar-refractivity contribution in [3.63, 3.8) is 0 Å². The molecule has 0 bridgehead atoms. The van der Waals surface area contributed by atoms with Gasteiger partial charge in [0.15, 0.2) is 6.23 Å². The number of aromatic nitrogens is 4. The zero-order chi connectivity index (χ0) is 29.0. The number of amides is 1. The molecule has 0 fully saturated rings. The Balaban J connectivity index is 1.49. The molecule has 3 heterocycles. The van der Waals surface area contributed by atoms with E-state index in [1.807, 2.05) is 36.4 Å². The number of esters is 1. The lowest BCUT2D eigenvalue weighted by Crippen LogP contribution is -2.29. The summed E-state index contributed by atoms with van der Waals surface area (Å²) in [7, 11) is 0. The van der Waals surface area contributed by atoms with Gasteiger partial charge in [-0.05, 0) is 29.7 Å². The fraction of sp³-hybridized carbons (Fsp3) is 0.138. The fourth-order valence-corrected chi connectivity index (χ4v) is 4.23. The number of nitrogens with one attached hydrogen (secondary N) is 2. The Morgan fingerprint density at radius 2 is 1.78 bits per heavy atom. The van der Waals surface area contributed by atoms with Crippen LogP contribution in [-0.4, -0.2) is 44.8 Å². The summed E-state index contributed by atoms with van der Waals surface area (Å²) in [4.78, 5) is 33.4. The number of pyridine rings is 2. The number of H-pyrrole nitrogens is 1. The van der Waals surface area contributed by atoms with Crippen LogP contribution in [-0.2, 0) is 16.0 Å². The van der Waals surface area contributed by atoms with Gasteiger partial charge in [0.1, 0.15) is 5.69 Å². The largest absolute Gasteiger partial charge is 0.490 e. The van der Waals surface area contributed by atoms with E-state index in [9.17, 15) is 22.8 Å². The van der Waals surface area contributed by atoms with Crippen LogP contribution in [0.15, 0.2) is 85.3 Å². The Morgan fingerprint density at radius 3 is 2.46 bits per heavy atom. The molecule has 0 saturated carbocycles. The first-order valence-electron chi connectivity index (χ1n) is 12.5. The average Bonchev–Trinajstić information content (AvgIpc) is 3.49. The topological polar surface area (TPSA) is 136 Å². The van der Waals surface area contributed by atoms with E-state index in [4.69, 9.17) is 10.7 Å². The molecule has 1 unspecified atom stereocenters. The molecule has 208 valence electrons. The summed E-state index contributed by atoms with van der Waals surface area (Å²) in [5.41, 5.74) is 10.3. The molecule has 3 aromatic heterocycles. The van der Waals surface area contributed by atoms with Crippen LogP contribution in [0.2, 0.25) is 0 Å². The van der Waals surface area contributed by atoms with Crippen LogP contribution < -0.4 is 11.1 Å². The third kappa shape index (κ3) is 6.23. The van der Waals surface area contributed by atoms with Gasteiger partial charge in [-0.1, -0.05) is 54.6 Å². The molecule has 0 radical (unpaired) electrons. The van der Waals surface area contributed by atoms with E-state index in [1.165, 1.54) is 18.3 Å². The van der Waals surface area contributed by atoms with Gasteiger partial charge in [-0.3, -0.25) is 20.6 Å². The highest BCUT2D eigenvalue weighted by Crippen LogP contribution is 2.34. The number of halogens is 3. The lowest BCUT2D eigenvalue weighted by molar-refractivity contribution is -0.205. The number of benzene rings is 2. The Kier molecular flexibility index (Phi) is 7.74. The van der Waals surface area contributed by atoms with Gasteiger partial charge in [-0.15, -0.1) is 0 Å². The number of nitrogens with two attached hydrogens (primary N) is 1. The van der Waals surface area contributed by atoms with Crippen molar-refractivity contribution in [3.8, 4) is 22.4 Å². The van der Waals surface area contributed by atoms with Crippen LogP contribution in [0.4, 0.5) is 13.2 Å². The summed E-state index contributed by atoms with van der Waals surface area (Å²) in [5.74, 6) is -2.72. The quantitative estimate of drug-likeness (QED) is 0.185. The second-order valence-corrected chi connectivity index (χ2v) is 9.03. The highest BCUT2D eigenvalue weighted by atomic mass is 19.4. The standard InChI is InChI=1S/C29H23F3N6O3/c30-29(31,32)28(40)41-26(33)20-8-6-19(7-9-20)24-21(18-4-2-1-3-5-18)14-22-23(38-24)11-13-34-25(22)27(39)35-12-10-17-15-36-37-16-17/h1-9,11,13-16,26H,10,12,33H2,(H,35,39)(H,36,37). The zero-order valence-electron chi connectivity index (χ0n) is 21.4. The Bertz CT molecular complexity index is 1670. The maximum atomic E-state index is 13.1. The molecule has 12 heteroatoms. The van der Waals surface area contributed by atoms with Crippen molar-refractivity contribution >= 4 is 22.8 Å².